The molecular weight excluding hydrogens is 801 g/mol. The number of hydrogen-bond donors (Lipinski definition) is 0. The van der Waals surface area contributed by atoms with Crippen LogP contribution in [0.25, 0.3) is 0 Å². The van der Waals surface area contributed by atoms with Crippen LogP contribution in [0.2, 0.25) is 0 Å². The summed E-state index contributed by atoms with van der Waals surface area (Å²) in [5.41, 5.74) is 0.987. The number of hydrogen-bond acceptors (Lipinski definition) is 14. The van der Waals surface area contributed by atoms with Crippen molar-refractivity contribution in [2.24, 2.45) is 5.92 Å². The number of carbonyl (C=O) groups excluding carboxylic acids is 6. The van der Waals surface area contributed by atoms with Crippen molar-refractivity contribution >= 4 is 35.8 Å². The van der Waals surface area contributed by atoms with Crippen LogP contribution in [-0.2, 0) is 28.5 Å². The van der Waals surface area contributed by atoms with Crippen LogP contribution in [0, 0.1) is 5.92 Å². The molecule has 14 heteroatoms. The van der Waals surface area contributed by atoms with Gasteiger partial charge in [-0.25, -0.2) is 28.8 Å². The Kier molecular flexibility index (Phi) is 16.9. The average Bonchev–Trinajstić information content (AvgIpc) is 3.63. The van der Waals surface area contributed by atoms with Gasteiger partial charge in [-0.3, -0.25) is 0 Å². The van der Waals surface area contributed by atoms with Gasteiger partial charge in [-0.15, -0.1) is 0 Å². The minimum absolute atomic E-state index is 0.199. The molecule has 0 unspecified atom stereocenters. The van der Waals surface area contributed by atoms with Gasteiger partial charge < -0.3 is 37.9 Å². The topological polar surface area (TPSA) is 176 Å². The molecule has 0 saturated heterocycles. The number of ether oxygens (including phenoxy) is 8. The molecule has 0 saturated carbocycles. The van der Waals surface area contributed by atoms with Gasteiger partial charge in [0.05, 0.1) is 54.6 Å². The first-order valence-corrected chi connectivity index (χ1v) is 19.6. The molecule has 5 rings (SSSR count). The lowest BCUT2D eigenvalue weighted by molar-refractivity contribution is -0.138. The Balaban J connectivity index is 1.00. The third kappa shape index (κ3) is 13.9. The molecule has 1 aliphatic carbocycles. The zero-order chi connectivity index (χ0) is 44.3. The van der Waals surface area contributed by atoms with E-state index in [9.17, 15) is 28.8 Å². The van der Waals surface area contributed by atoms with Crippen molar-refractivity contribution in [1.82, 2.24) is 0 Å². The molecule has 14 nitrogen and oxygen atoms in total. The van der Waals surface area contributed by atoms with Gasteiger partial charge in [-0.2, -0.15) is 0 Å². The summed E-state index contributed by atoms with van der Waals surface area (Å²) in [6, 6.07) is 24.6. The summed E-state index contributed by atoms with van der Waals surface area (Å²) in [6.45, 7) is 9.77. The number of carbonyl (C=O) groups is 6. The lowest BCUT2D eigenvalue weighted by Crippen LogP contribution is -2.13. The van der Waals surface area contributed by atoms with E-state index >= 15 is 0 Å². The van der Waals surface area contributed by atoms with E-state index in [1.54, 1.807) is 55.5 Å². The van der Waals surface area contributed by atoms with E-state index in [0.717, 1.165) is 12.2 Å². The Bertz CT molecular complexity index is 2120. The molecule has 0 amide bonds. The van der Waals surface area contributed by atoms with Gasteiger partial charge in [0.2, 0.25) is 0 Å². The fourth-order valence-corrected chi connectivity index (χ4v) is 5.45. The molecule has 4 aromatic carbocycles. The predicted octanol–water partition coefficient (Wildman–Crippen LogP) is 8.33. The predicted molar refractivity (Wildman–Crippen MR) is 224 cm³/mol. The molecule has 320 valence electrons. The largest absolute Gasteiger partial charge is 0.494 e. The maximum absolute atomic E-state index is 13.0. The fourth-order valence-electron chi connectivity index (χ4n) is 5.45. The smallest absolute Gasteiger partial charge is 0.343 e. The number of benzene rings is 4. The van der Waals surface area contributed by atoms with Crippen LogP contribution >= 0.6 is 0 Å². The third-order valence-corrected chi connectivity index (χ3v) is 8.90. The molecule has 0 spiro atoms. The van der Waals surface area contributed by atoms with Crippen LogP contribution in [0.1, 0.15) is 74.0 Å². The summed E-state index contributed by atoms with van der Waals surface area (Å²) in [5, 5.41) is 0. The summed E-state index contributed by atoms with van der Waals surface area (Å²) in [7, 11) is 0. The molecule has 0 atom stereocenters. The number of rotatable bonds is 22. The van der Waals surface area contributed by atoms with Crippen LogP contribution in [0.15, 0.2) is 146 Å². The summed E-state index contributed by atoms with van der Waals surface area (Å²) in [5.74, 6) is -1.93. The van der Waals surface area contributed by atoms with Crippen molar-refractivity contribution in [3.63, 3.8) is 0 Å². The second-order valence-electron chi connectivity index (χ2n) is 13.4. The second-order valence-corrected chi connectivity index (χ2v) is 13.4. The highest BCUT2D eigenvalue weighted by molar-refractivity contribution is 5.93. The van der Waals surface area contributed by atoms with Crippen molar-refractivity contribution in [3.05, 3.63) is 168 Å². The SMILES string of the molecule is C=CC(=O)OCCCCOc1ccc(C(=O)Oc2ccc(C(=O)OC3=CC=C(OC(=O)c4ccc(OC(=O)c5ccc(OCCCCOC(=O)C=C)cc5)cc4)C3C)cc2)cc1. The van der Waals surface area contributed by atoms with E-state index in [-0.39, 0.29) is 47.4 Å². The second kappa shape index (κ2) is 23.2. The molecule has 0 heterocycles. The summed E-state index contributed by atoms with van der Waals surface area (Å²) >= 11 is 0. The lowest BCUT2D eigenvalue weighted by Gasteiger charge is -2.15. The number of esters is 6. The van der Waals surface area contributed by atoms with E-state index in [1.807, 2.05) is 0 Å². The van der Waals surface area contributed by atoms with Gasteiger partial charge in [0, 0.05) is 12.2 Å². The Morgan fingerprint density at radius 3 is 1.05 bits per heavy atom. The summed E-state index contributed by atoms with van der Waals surface area (Å²) < 4.78 is 43.2. The van der Waals surface area contributed by atoms with Crippen molar-refractivity contribution < 1.29 is 66.7 Å². The standard InChI is InChI=1S/C48H44O14/c1-4-43(49)57-30-8-6-28-55-37-18-10-33(11-19-37)45(51)59-39-22-14-35(15-23-39)47(53)61-41-26-27-42(32(41)3)62-48(54)36-16-24-40(25-17-36)60-46(52)34-12-20-38(21-13-34)56-29-7-9-31-58-44(50)5-2/h4-5,10-27,32H,1-2,6-9,28-31H2,3H3. The zero-order valence-electron chi connectivity index (χ0n) is 33.9. The van der Waals surface area contributed by atoms with Crippen LogP contribution in [0.5, 0.6) is 23.0 Å². The van der Waals surface area contributed by atoms with Gasteiger partial charge in [0.1, 0.15) is 34.5 Å². The summed E-state index contributed by atoms with van der Waals surface area (Å²) in [4.78, 5) is 73.5. The van der Waals surface area contributed by atoms with E-state index in [0.29, 0.717) is 61.5 Å². The molecule has 0 N–H and O–H groups in total. The molecule has 1 aliphatic rings. The van der Waals surface area contributed by atoms with E-state index < -0.39 is 41.7 Å². The van der Waals surface area contributed by atoms with Crippen molar-refractivity contribution in [1.29, 1.82) is 0 Å². The first-order chi connectivity index (χ1) is 30.0. The highest BCUT2D eigenvalue weighted by Crippen LogP contribution is 2.30. The van der Waals surface area contributed by atoms with E-state index in [2.05, 4.69) is 13.2 Å². The maximum Gasteiger partial charge on any atom is 0.343 e. The van der Waals surface area contributed by atoms with Crippen molar-refractivity contribution in [2.75, 3.05) is 26.4 Å². The molecule has 0 aliphatic heterocycles. The molecule has 0 radical (unpaired) electrons. The summed E-state index contributed by atoms with van der Waals surface area (Å²) in [6.07, 6.45) is 7.90. The fraction of sp³-hybridized carbons (Fsp3) is 0.208. The Hall–Kier alpha value is -7.74. The van der Waals surface area contributed by atoms with E-state index in [1.165, 1.54) is 60.7 Å². The van der Waals surface area contributed by atoms with Crippen LogP contribution < -0.4 is 18.9 Å². The molecule has 0 aromatic heterocycles. The van der Waals surface area contributed by atoms with Crippen molar-refractivity contribution in [3.8, 4) is 23.0 Å². The molecule has 62 heavy (non-hydrogen) atoms. The Morgan fingerprint density at radius 1 is 0.435 bits per heavy atom. The molecular formula is C48H44O14. The molecule has 0 fully saturated rings. The van der Waals surface area contributed by atoms with Gasteiger partial charge in [0.15, 0.2) is 0 Å². The van der Waals surface area contributed by atoms with E-state index in [4.69, 9.17) is 37.9 Å². The third-order valence-electron chi connectivity index (χ3n) is 8.90. The van der Waals surface area contributed by atoms with Crippen LogP contribution in [0.3, 0.4) is 0 Å². The van der Waals surface area contributed by atoms with Crippen LogP contribution in [0.4, 0.5) is 0 Å². The van der Waals surface area contributed by atoms with Gasteiger partial charge in [0.25, 0.3) is 0 Å². The molecule has 0 bridgehead atoms. The lowest BCUT2D eigenvalue weighted by atomic mass is 10.1. The highest BCUT2D eigenvalue weighted by Gasteiger charge is 2.27. The number of allylic oxidation sites excluding steroid dienone is 2. The van der Waals surface area contributed by atoms with Crippen molar-refractivity contribution in [2.45, 2.75) is 32.6 Å². The first-order valence-electron chi connectivity index (χ1n) is 19.6. The quantitative estimate of drug-likeness (QED) is 0.0243. The van der Waals surface area contributed by atoms with Gasteiger partial charge in [-0.1, -0.05) is 13.2 Å². The normalized spacial score (nSPS) is 11.8. The van der Waals surface area contributed by atoms with Gasteiger partial charge >= 0.3 is 35.8 Å². The average molecular weight is 845 g/mol. The number of unbranched alkanes of at least 4 members (excludes halogenated alkanes) is 2. The maximum atomic E-state index is 13.0. The Morgan fingerprint density at radius 2 is 0.726 bits per heavy atom. The van der Waals surface area contributed by atoms with Crippen LogP contribution in [-0.4, -0.2) is 62.2 Å². The molecule has 4 aromatic rings. The zero-order valence-corrected chi connectivity index (χ0v) is 33.9. The minimum Gasteiger partial charge on any atom is -0.494 e. The first kappa shape index (κ1) is 45.3. The van der Waals surface area contributed by atoms with Gasteiger partial charge in [-0.05, 0) is 142 Å². The highest BCUT2D eigenvalue weighted by atomic mass is 16.6. The minimum atomic E-state index is -0.665. The Labute approximate surface area is 357 Å². The monoisotopic (exact) mass is 844 g/mol.